The lowest BCUT2D eigenvalue weighted by Crippen LogP contribution is -2.51. The van der Waals surface area contributed by atoms with Gasteiger partial charge >= 0.3 is 0 Å². The standard InChI is InChI=1S/C29H33BrClN3O4S/c1-4-5-17-32-29(36)22(3)33(19-23-12-14-24(30)15-13-23)28(35)20-34(25-16-11-21(2)27(31)18-25)39(37,38)26-9-7-6-8-10-26/h6-16,18,22H,4-5,17,19-20H2,1-3H3,(H,32,36)/t22-/m1/s1. The molecule has 0 aromatic heterocycles. The van der Waals surface area contributed by atoms with Crippen LogP contribution in [0.4, 0.5) is 5.69 Å². The van der Waals surface area contributed by atoms with Gasteiger partial charge < -0.3 is 10.2 Å². The molecule has 0 aliphatic carbocycles. The van der Waals surface area contributed by atoms with Crippen LogP contribution in [0.25, 0.3) is 0 Å². The van der Waals surface area contributed by atoms with E-state index in [0.29, 0.717) is 11.6 Å². The number of hydrogen-bond acceptors (Lipinski definition) is 4. The third-order valence-electron chi connectivity index (χ3n) is 6.32. The number of carbonyl (C=O) groups is 2. The van der Waals surface area contributed by atoms with Crippen LogP contribution in [-0.4, -0.2) is 44.3 Å². The van der Waals surface area contributed by atoms with E-state index in [1.54, 1.807) is 37.3 Å². The SMILES string of the molecule is CCCCNC(=O)[C@@H](C)N(Cc1ccc(Br)cc1)C(=O)CN(c1ccc(C)c(Cl)c1)S(=O)(=O)c1ccccc1. The second kappa shape index (κ2) is 14.0. The van der Waals surface area contributed by atoms with Gasteiger partial charge in [-0.2, -0.15) is 0 Å². The summed E-state index contributed by atoms with van der Waals surface area (Å²) in [4.78, 5) is 28.4. The van der Waals surface area contributed by atoms with Gasteiger partial charge in [-0.1, -0.05) is 77.3 Å². The largest absolute Gasteiger partial charge is 0.354 e. The van der Waals surface area contributed by atoms with Gasteiger partial charge in [-0.05, 0) is 67.8 Å². The van der Waals surface area contributed by atoms with Crippen molar-refractivity contribution in [2.45, 2.75) is 51.1 Å². The topological polar surface area (TPSA) is 86.8 Å². The molecule has 3 aromatic carbocycles. The van der Waals surface area contributed by atoms with E-state index >= 15 is 0 Å². The van der Waals surface area contributed by atoms with Crippen LogP contribution in [0.15, 0.2) is 82.2 Å². The molecule has 0 spiro atoms. The van der Waals surface area contributed by atoms with Crippen molar-refractivity contribution in [3.63, 3.8) is 0 Å². The molecule has 208 valence electrons. The van der Waals surface area contributed by atoms with Gasteiger partial charge in [-0.3, -0.25) is 13.9 Å². The molecule has 2 amide bonds. The second-order valence-electron chi connectivity index (χ2n) is 9.23. The smallest absolute Gasteiger partial charge is 0.264 e. The van der Waals surface area contributed by atoms with Crippen molar-refractivity contribution < 1.29 is 18.0 Å². The summed E-state index contributed by atoms with van der Waals surface area (Å²) in [6.07, 6.45) is 1.73. The highest BCUT2D eigenvalue weighted by atomic mass is 79.9. The summed E-state index contributed by atoms with van der Waals surface area (Å²) in [5.41, 5.74) is 1.83. The van der Waals surface area contributed by atoms with Crippen molar-refractivity contribution in [3.8, 4) is 0 Å². The molecule has 1 N–H and O–H groups in total. The highest BCUT2D eigenvalue weighted by Crippen LogP contribution is 2.28. The van der Waals surface area contributed by atoms with Gasteiger partial charge in [-0.15, -0.1) is 0 Å². The van der Waals surface area contributed by atoms with E-state index in [1.807, 2.05) is 38.1 Å². The van der Waals surface area contributed by atoms with Crippen molar-refractivity contribution >= 4 is 55.1 Å². The summed E-state index contributed by atoms with van der Waals surface area (Å²) in [6, 6.07) is 19.4. The molecule has 0 heterocycles. The third-order valence-corrected chi connectivity index (χ3v) is 9.04. The molecule has 0 unspecified atom stereocenters. The van der Waals surface area contributed by atoms with E-state index in [0.717, 1.165) is 32.7 Å². The van der Waals surface area contributed by atoms with Crippen LogP contribution in [0.5, 0.6) is 0 Å². The summed E-state index contributed by atoms with van der Waals surface area (Å²) < 4.78 is 29.5. The van der Waals surface area contributed by atoms with Gasteiger partial charge in [-0.25, -0.2) is 8.42 Å². The maximum atomic E-state index is 13.9. The fourth-order valence-corrected chi connectivity index (χ4v) is 5.76. The second-order valence-corrected chi connectivity index (χ2v) is 12.4. The molecule has 0 saturated carbocycles. The number of nitrogens with zero attached hydrogens (tertiary/aromatic N) is 2. The fourth-order valence-electron chi connectivity index (χ4n) is 3.89. The number of nitrogens with one attached hydrogen (secondary N) is 1. The molecule has 10 heteroatoms. The number of sulfonamides is 1. The van der Waals surface area contributed by atoms with E-state index in [2.05, 4.69) is 21.2 Å². The lowest BCUT2D eigenvalue weighted by atomic mass is 10.1. The molecular formula is C29H33BrClN3O4S. The van der Waals surface area contributed by atoms with Crippen LogP contribution >= 0.6 is 27.5 Å². The minimum absolute atomic E-state index is 0.0410. The Hall–Kier alpha value is -2.88. The molecular weight excluding hydrogens is 602 g/mol. The Kier molecular flexibility index (Phi) is 11.0. The van der Waals surface area contributed by atoms with Gasteiger partial charge in [0.15, 0.2) is 0 Å². The van der Waals surface area contributed by atoms with Gasteiger partial charge in [0.25, 0.3) is 10.0 Å². The molecule has 0 aliphatic rings. The Balaban J connectivity index is 2.00. The lowest BCUT2D eigenvalue weighted by molar-refractivity contribution is -0.139. The van der Waals surface area contributed by atoms with Gasteiger partial charge in [0, 0.05) is 22.6 Å². The van der Waals surface area contributed by atoms with Crippen LogP contribution in [0.3, 0.4) is 0 Å². The zero-order valence-corrected chi connectivity index (χ0v) is 25.4. The Morgan fingerprint density at radius 1 is 1.03 bits per heavy atom. The number of unbranched alkanes of at least 4 members (excludes halogenated alkanes) is 1. The first-order chi connectivity index (χ1) is 18.5. The van der Waals surface area contributed by atoms with Gasteiger partial charge in [0.1, 0.15) is 12.6 Å². The fraction of sp³-hybridized carbons (Fsp3) is 0.310. The molecule has 3 aromatic rings. The van der Waals surface area contributed by atoms with Crippen molar-refractivity contribution in [1.29, 1.82) is 0 Å². The molecule has 0 bridgehead atoms. The van der Waals surface area contributed by atoms with Gasteiger partial charge in [0.2, 0.25) is 11.8 Å². The zero-order valence-electron chi connectivity index (χ0n) is 22.2. The maximum absolute atomic E-state index is 13.9. The van der Waals surface area contributed by atoms with Crippen LogP contribution in [0, 0.1) is 6.92 Å². The number of halogens is 2. The normalized spacial score (nSPS) is 12.0. The van der Waals surface area contributed by atoms with Gasteiger partial charge in [0.05, 0.1) is 10.6 Å². The summed E-state index contributed by atoms with van der Waals surface area (Å²) >= 11 is 9.76. The first-order valence-corrected chi connectivity index (χ1v) is 15.3. The molecule has 0 fully saturated rings. The molecule has 1 atom stereocenters. The molecule has 0 aliphatic heterocycles. The van der Waals surface area contributed by atoms with Crippen molar-refractivity contribution in [2.75, 3.05) is 17.4 Å². The van der Waals surface area contributed by atoms with E-state index < -0.39 is 28.5 Å². The average molecular weight is 635 g/mol. The van der Waals surface area contributed by atoms with Crippen molar-refractivity contribution in [1.82, 2.24) is 10.2 Å². The number of anilines is 1. The minimum atomic E-state index is -4.13. The van der Waals surface area contributed by atoms with Crippen molar-refractivity contribution in [3.05, 3.63) is 93.4 Å². The number of carbonyl (C=O) groups excluding carboxylic acids is 2. The number of amides is 2. The maximum Gasteiger partial charge on any atom is 0.264 e. The quantitative estimate of drug-likeness (QED) is 0.250. The Morgan fingerprint density at radius 2 is 1.69 bits per heavy atom. The lowest BCUT2D eigenvalue weighted by Gasteiger charge is -2.32. The molecule has 0 saturated heterocycles. The highest BCUT2D eigenvalue weighted by molar-refractivity contribution is 9.10. The number of benzene rings is 3. The van der Waals surface area contributed by atoms with E-state index in [1.165, 1.54) is 23.1 Å². The van der Waals surface area contributed by atoms with Crippen LogP contribution < -0.4 is 9.62 Å². The molecule has 39 heavy (non-hydrogen) atoms. The summed E-state index contributed by atoms with van der Waals surface area (Å²) in [7, 11) is -4.13. The summed E-state index contributed by atoms with van der Waals surface area (Å²) in [6.45, 7) is 5.60. The number of aryl methyl sites for hydroxylation is 1. The summed E-state index contributed by atoms with van der Waals surface area (Å²) in [5, 5.41) is 3.26. The monoisotopic (exact) mass is 633 g/mol. The Bertz CT molecular complexity index is 1390. The van der Waals surface area contributed by atoms with Crippen molar-refractivity contribution in [2.24, 2.45) is 0 Å². The third kappa shape index (κ3) is 8.06. The van der Waals surface area contributed by atoms with E-state index in [-0.39, 0.29) is 23.0 Å². The Morgan fingerprint density at radius 3 is 2.31 bits per heavy atom. The van der Waals surface area contributed by atoms with E-state index in [4.69, 9.17) is 11.6 Å². The highest BCUT2D eigenvalue weighted by Gasteiger charge is 2.32. The zero-order chi connectivity index (χ0) is 28.6. The predicted molar refractivity (Wildman–Crippen MR) is 159 cm³/mol. The minimum Gasteiger partial charge on any atom is -0.354 e. The van der Waals surface area contributed by atoms with Crippen LogP contribution in [0.1, 0.15) is 37.8 Å². The van der Waals surface area contributed by atoms with E-state index in [9.17, 15) is 18.0 Å². The molecule has 0 radical (unpaired) electrons. The Labute approximate surface area is 244 Å². The average Bonchev–Trinajstić information content (AvgIpc) is 2.93. The first kappa shape index (κ1) is 30.7. The van der Waals surface area contributed by atoms with Crippen LogP contribution in [-0.2, 0) is 26.2 Å². The summed E-state index contributed by atoms with van der Waals surface area (Å²) in [5.74, 6) is -0.822. The number of hydrogen-bond donors (Lipinski definition) is 1. The van der Waals surface area contributed by atoms with Crippen LogP contribution in [0.2, 0.25) is 5.02 Å². The first-order valence-electron chi connectivity index (χ1n) is 12.7. The number of rotatable bonds is 12. The molecule has 3 rings (SSSR count). The molecule has 7 nitrogen and oxygen atoms in total. The predicted octanol–water partition coefficient (Wildman–Crippen LogP) is 5.94.